The normalized spacial score (nSPS) is 20.4. The molecule has 0 bridgehead atoms. The van der Waals surface area contributed by atoms with E-state index in [2.05, 4.69) is 24.8 Å². The first-order chi connectivity index (χ1) is 12.1. The van der Waals surface area contributed by atoms with E-state index in [-0.39, 0.29) is 5.91 Å². The van der Waals surface area contributed by atoms with Gasteiger partial charge in [0.2, 0.25) is 5.91 Å². The van der Waals surface area contributed by atoms with Gasteiger partial charge < -0.3 is 10.6 Å². The molecular formula is C18H24N6O. The Morgan fingerprint density at radius 3 is 2.92 bits per heavy atom. The van der Waals surface area contributed by atoms with Gasteiger partial charge in [0, 0.05) is 43.4 Å². The number of aryl methyl sites for hydroxylation is 2. The van der Waals surface area contributed by atoms with Gasteiger partial charge in [0.25, 0.3) is 0 Å². The average molecular weight is 340 g/mol. The van der Waals surface area contributed by atoms with Gasteiger partial charge in [-0.15, -0.1) is 0 Å². The van der Waals surface area contributed by atoms with Gasteiger partial charge in [-0.1, -0.05) is 0 Å². The lowest BCUT2D eigenvalue weighted by atomic mass is 9.75. The number of primary amides is 1. The van der Waals surface area contributed by atoms with E-state index < -0.39 is 5.41 Å². The van der Waals surface area contributed by atoms with Crippen LogP contribution in [0.15, 0.2) is 31.0 Å². The molecule has 2 aromatic rings. The van der Waals surface area contributed by atoms with Crippen molar-refractivity contribution in [2.75, 3.05) is 18.0 Å². The van der Waals surface area contributed by atoms with Crippen LogP contribution >= 0.6 is 0 Å². The number of anilines is 1. The maximum Gasteiger partial charge on any atom is 0.225 e. The van der Waals surface area contributed by atoms with E-state index in [4.69, 9.17) is 5.73 Å². The standard InChI is InChI=1S/C18H24N6O/c1-14-10-16(23-13-22-14)24-9-3-6-18(12-24,17(19)25)5-2-4-15-11-20-7-8-21-15/h7-8,10-11,13H,2-6,9,12H2,1H3,(H2,19,25). The number of nitrogens with two attached hydrogens (primary N) is 1. The van der Waals surface area contributed by atoms with E-state index >= 15 is 0 Å². The molecule has 7 nitrogen and oxygen atoms in total. The number of amides is 1. The second kappa shape index (κ2) is 7.55. The highest BCUT2D eigenvalue weighted by molar-refractivity contribution is 5.81. The smallest absolute Gasteiger partial charge is 0.225 e. The van der Waals surface area contributed by atoms with Gasteiger partial charge in [0.1, 0.15) is 12.1 Å². The summed E-state index contributed by atoms with van der Waals surface area (Å²) >= 11 is 0. The highest BCUT2D eigenvalue weighted by Gasteiger charge is 2.40. The topological polar surface area (TPSA) is 97.9 Å². The molecule has 2 aromatic heterocycles. The van der Waals surface area contributed by atoms with E-state index in [1.807, 2.05) is 13.0 Å². The molecule has 2 N–H and O–H groups in total. The summed E-state index contributed by atoms with van der Waals surface area (Å²) in [5.74, 6) is 0.647. The van der Waals surface area contributed by atoms with Crippen LogP contribution in [-0.4, -0.2) is 38.9 Å². The fourth-order valence-corrected chi connectivity index (χ4v) is 3.54. The van der Waals surface area contributed by atoms with Crippen LogP contribution in [0.4, 0.5) is 5.82 Å². The third-order valence-corrected chi connectivity index (χ3v) is 4.92. The first-order valence-corrected chi connectivity index (χ1v) is 8.67. The number of aromatic nitrogens is 4. The second-order valence-corrected chi connectivity index (χ2v) is 6.74. The van der Waals surface area contributed by atoms with E-state index in [0.29, 0.717) is 6.54 Å². The van der Waals surface area contributed by atoms with E-state index in [1.54, 1.807) is 24.9 Å². The number of rotatable bonds is 6. The maximum absolute atomic E-state index is 12.3. The van der Waals surface area contributed by atoms with Crippen molar-refractivity contribution in [3.05, 3.63) is 42.4 Å². The summed E-state index contributed by atoms with van der Waals surface area (Å²) in [5.41, 5.74) is 7.18. The summed E-state index contributed by atoms with van der Waals surface area (Å²) in [6, 6.07) is 1.95. The van der Waals surface area contributed by atoms with Crippen molar-refractivity contribution >= 4 is 11.7 Å². The van der Waals surface area contributed by atoms with Crippen molar-refractivity contribution in [1.82, 2.24) is 19.9 Å². The monoisotopic (exact) mass is 340 g/mol. The molecule has 3 heterocycles. The van der Waals surface area contributed by atoms with E-state index in [0.717, 1.165) is 55.9 Å². The SMILES string of the molecule is Cc1cc(N2CCCC(CCCc3cnccn3)(C(N)=O)C2)ncn1. The number of carbonyl (C=O) groups is 1. The molecule has 3 rings (SSSR count). The Balaban J connectivity index is 1.69. The number of carbonyl (C=O) groups excluding carboxylic acids is 1. The van der Waals surface area contributed by atoms with Crippen molar-refractivity contribution in [1.29, 1.82) is 0 Å². The van der Waals surface area contributed by atoms with Crippen LogP contribution in [0.5, 0.6) is 0 Å². The zero-order valence-electron chi connectivity index (χ0n) is 14.6. The van der Waals surface area contributed by atoms with Gasteiger partial charge in [-0.05, 0) is 39.0 Å². The molecule has 0 saturated carbocycles. The van der Waals surface area contributed by atoms with Gasteiger partial charge >= 0.3 is 0 Å². The highest BCUT2D eigenvalue weighted by Crippen LogP contribution is 2.36. The van der Waals surface area contributed by atoms with Crippen LogP contribution < -0.4 is 10.6 Å². The Morgan fingerprint density at radius 2 is 2.20 bits per heavy atom. The molecule has 1 atom stereocenters. The summed E-state index contributed by atoms with van der Waals surface area (Å²) < 4.78 is 0. The summed E-state index contributed by atoms with van der Waals surface area (Å²) in [6.07, 6.45) is 10.9. The van der Waals surface area contributed by atoms with Crippen LogP contribution in [0.3, 0.4) is 0 Å². The molecule has 1 amide bonds. The predicted molar refractivity (Wildman–Crippen MR) is 94.8 cm³/mol. The minimum atomic E-state index is -0.515. The molecule has 1 aliphatic heterocycles. The molecule has 0 aromatic carbocycles. The summed E-state index contributed by atoms with van der Waals surface area (Å²) in [4.78, 5) is 31.3. The number of hydrogen-bond acceptors (Lipinski definition) is 6. The Bertz CT molecular complexity index is 723. The Hall–Kier alpha value is -2.57. The lowest BCUT2D eigenvalue weighted by Crippen LogP contribution is -2.51. The molecule has 1 unspecified atom stereocenters. The highest BCUT2D eigenvalue weighted by atomic mass is 16.1. The fraction of sp³-hybridized carbons (Fsp3) is 0.500. The molecule has 1 aliphatic rings. The van der Waals surface area contributed by atoms with Crippen LogP contribution in [-0.2, 0) is 11.2 Å². The third kappa shape index (κ3) is 4.10. The van der Waals surface area contributed by atoms with Gasteiger partial charge in [-0.2, -0.15) is 0 Å². The zero-order chi connectivity index (χ0) is 17.7. The molecule has 132 valence electrons. The summed E-state index contributed by atoms with van der Waals surface area (Å²) in [7, 11) is 0. The van der Waals surface area contributed by atoms with Gasteiger partial charge in [0.05, 0.1) is 11.1 Å². The van der Waals surface area contributed by atoms with Gasteiger partial charge in [-0.25, -0.2) is 9.97 Å². The lowest BCUT2D eigenvalue weighted by Gasteiger charge is -2.41. The van der Waals surface area contributed by atoms with Crippen LogP contribution in [0, 0.1) is 12.3 Å². The average Bonchev–Trinajstić information content (AvgIpc) is 2.63. The van der Waals surface area contributed by atoms with Gasteiger partial charge in [-0.3, -0.25) is 14.8 Å². The number of hydrogen-bond donors (Lipinski definition) is 1. The van der Waals surface area contributed by atoms with E-state index in [1.165, 1.54) is 0 Å². The van der Waals surface area contributed by atoms with Crippen molar-refractivity contribution in [2.45, 2.75) is 39.0 Å². The molecule has 0 aliphatic carbocycles. The maximum atomic E-state index is 12.3. The molecule has 0 radical (unpaired) electrons. The molecule has 1 saturated heterocycles. The number of nitrogens with zero attached hydrogens (tertiary/aromatic N) is 5. The van der Waals surface area contributed by atoms with Gasteiger partial charge in [0.15, 0.2) is 0 Å². The van der Waals surface area contributed by atoms with Crippen LogP contribution in [0.1, 0.15) is 37.1 Å². The van der Waals surface area contributed by atoms with Crippen molar-refractivity contribution in [3.8, 4) is 0 Å². The minimum Gasteiger partial charge on any atom is -0.369 e. The quantitative estimate of drug-likeness (QED) is 0.859. The Morgan fingerprint density at radius 1 is 1.32 bits per heavy atom. The second-order valence-electron chi connectivity index (χ2n) is 6.74. The largest absolute Gasteiger partial charge is 0.369 e. The van der Waals surface area contributed by atoms with Crippen molar-refractivity contribution in [3.63, 3.8) is 0 Å². The Labute approximate surface area is 147 Å². The lowest BCUT2D eigenvalue weighted by molar-refractivity contribution is -0.128. The number of piperidine rings is 1. The van der Waals surface area contributed by atoms with Crippen molar-refractivity contribution in [2.24, 2.45) is 11.1 Å². The first kappa shape index (κ1) is 17.3. The molecule has 1 fully saturated rings. The fourth-order valence-electron chi connectivity index (χ4n) is 3.54. The van der Waals surface area contributed by atoms with Crippen molar-refractivity contribution < 1.29 is 4.79 Å². The minimum absolute atomic E-state index is 0.220. The molecule has 7 heteroatoms. The first-order valence-electron chi connectivity index (χ1n) is 8.67. The molecule has 25 heavy (non-hydrogen) atoms. The van der Waals surface area contributed by atoms with E-state index in [9.17, 15) is 4.79 Å². The molecule has 0 spiro atoms. The summed E-state index contributed by atoms with van der Waals surface area (Å²) in [6.45, 7) is 3.44. The van der Waals surface area contributed by atoms with Crippen LogP contribution in [0.2, 0.25) is 0 Å². The predicted octanol–water partition coefficient (Wildman–Crippen LogP) is 1.67. The zero-order valence-corrected chi connectivity index (χ0v) is 14.6. The van der Waals surface area contributed by atoms with Crippen LogP contribution in [0.25, 0.3) is 0 Å². The summed E-state index contributed by atoms with van der Waals surface area (Å²) in [5, 5.41) is 0. The Kier molecular flexibility index (Phi) is 5.21. The molecular weight excluding hydrogens is 316 g/mol. The third-order valence-electron chi connectivity index (χ3n) is 4.92.